The Morgan fingerprint density at radius 3 is 3.14 bits per heavy atom. The van der Waals surface area contributed by atoms with Crippen LogP contribution in [0, 0.1) is 0 Å². The van der Waals surface area contributed by atoms with E-state index in [-0.39, 0.29) is 18.1 Å². The van der Waals surface area contributed by atoms with Gasteiger partial charge in [-0.2, -0.15) is 0 Å². The third-order valence-corrected chi connectivity index (χ3v) is 4.21. The molecule has 1 fully saturated rings. The van der Waals surface area contributed by atoms with E-state index in [9.17, 15) is 4.79 Å². The van der Waals surface area contributed by atoms with Gasteiger partial charge in [-0.05, 0) is 37.8 Å². The van der Waals surface area contributed by atoms with Gasteiger partial charge in [-0.25, -0.2) is 0 Å². The summed E-state index contributed by atoms with van der Waals surface area (Å²) in [6, 6.07) is 8.28. The van der Waals surface area contributed by atoms with E-state index in [1.165, 1.54) is 10.9 Å². The molecule has 2 atom stereocenters. The van der Waals surface area contributed by atoms with Crippen LogP contribution >= 0.6 is 0 Å². The van der Waals surface area contributed by atoms with E-state index in [2.05, 4.69) is 22.4 Å². The van der Waals surface area contributed by atoms with Crippen molar-refractivity contribution in [3.8, 4) is 0 Å². The lowest BCUT2D eigenvalue weighted by molar-refractivity contribution is -0.122. The van der Waals surface area contributed by atoms with E-state index in [0.717, 1.165) is 31.4 Å². The van der Waals surface area contributed by atoms with Crippen LogP contribution in [0.3, 0.4) is 0 Å². The van der Waals surface area contributed by atoms with Crippen LogP contribution in [0.4, 0.5) is 0 Å². The summed E-state index contributed by atoms with van der Waals surface area (Å²) in [5.41, 5.74) is 2.33. The first-order valence-corrected chi connectivity index (χ1v) is 7.70. The Kier molecular flexibility index (Phi) is 4.25. The molecule has 4 nitrogen and oxygen atoms in total. The van der Waals surface area contributed by atoms with Crippen LogP contribution in [0.5, 0.6) is 0 Å². The largest absolute Gasteiger partial charge is 0.376 e. The van der Waals surface area contributed by atoms with Gasteiger partial charge in [0, 0.05) is 30.1 Å². The van der Waals surface area contributed by atoms with Crippen LogP contribution in [0.1, 0.15) is 31.7 Å². The monoisotopic (exact) mass is 286 g/mol. The fourth-order valence-corrected chi connectivity index (χ4v) is 3.00. The van der Waals surface area contributed by atoms with E-state index in [1.54, 1.807) is 0 Å². The van der Waals surface area contributed by atoms with Gasteiger partial charge in [0.15, 0.2) is 0 Å². The fourth-order valence-electron chi connectivity index (χ4n) is 3.00. The molecule has 2 aromatic rings. The Balaban J connectivity index is 1.53. The normalized spacial score (nSPS) is 19.8. The number of aromatic nitrogens is 1. The fraction of sp³-hybridized carbons (Fsp3) is 0.471. The molecule has 1 aromatic carbocycles. The Bertz CT molecular complexity index is 614. The summed E-state index contributed by atoms with van der Waals surface area (Å²) in [5, 5.41) is 4.26. The van der Waals surface area contributed by atoms with Gasteiger partial charge < -0.3 is 15.0 Å². The molecule has 0 radical (unpaired) electrons. The Hall–Kier alpha value is -1.81. The molecule has 1 aliphatic heterocycles. The summed E-state index contributed by atoms with van der Waals surface area (Å²) in [6.07, 6.45) is 5.60. The third kappa shape index (κ3) is 3.27. The molecule has 0 unspecified atom stereocenters. The number of amides is 1. The molecule has 0 spiro atoms. The lowest BCUT2D eigenvalue weighted by Crippen LogP contribution is -2.40. The van der Waals surface area contributed by atoms with Gasteiger partial charge in [-0.1, -0.05) is 18.2 Å². The second-order valence-electron chi connectivity index (χ2n) is 5.77. The van der Waals surface area contributed by atoms with E-state index in [1.807, 2.05) is 25.3 Å². The third-order valence-electron chi connectivity index (χ3n) is 4.21. The Morgan fingerprint density at radius 2 is 2.33 bits per heavy atom. The van der Waals surface area contributed by atoms with Crippen LogP contribution in [-0.4, -0.2) is 29.6 Å². The van der Waals surface area contributed by atoms with Crippen molar-refractivity contribution < 1.29 is 9.53 Å². The summed E-state index contributed by atoms with van der Waals surface area (Å²) in [7, 11) is 0. The number of carbonyl (C=O) groups is 1. The van der Waals surface area contributed by atoms with Crippen LogP contribution in [-0.2, 0) is 16.0 Å². The summed E-state index contributed by atoms with van der Waals surface area (Å²) >= 11 is 0. The number of carbonyl (C=O) groups excluding carboxylic acids is 1. The number of fused-ring (bicyclic) bond motifs is 1. The highest BCUT2D eigenvalue weighted by atomic mass is 16.5. The minimum Gasteiger partial charge on any atom is -0.376 e. The molecule has 1 aromatic heterocycles. The number of H-pyrrole nitrogens is 1. The maximum absolute atomic E-state index is 12.1. The zero-order chi connectivity index (χ0) is 14.7. The first-order chi connectivity index (χ1) is 10.2. The molecule has 3 rings (SSSR count). The van der Waals surface area contributed by atoms with Gasteiger partial charge in [0.05, 0.1) is 12.1 Å². The first kappa shape index (κ1) is 14.1. The number of hydrogen-bond donors (Lipinski definition) is 2. The van der Waals surface area contributed by atoms with E-state index >= 15 is 0 Å². The van der Waals surface area contributed by atoms with Crippen molar-refractivity contribution in [3.05, 3.63) is 36.0 Å². The number of ether oxygens (including phenoxy) is 1. The number of nitrogens with one attached hydrogen (secondary N) is 2. The standard InChI is InChI=1S/C17H22N2O2/c1-12(16-7-4-10-21-16)19-17(20)9-8-13-11-18-15-6-3-2-5-14(13)15/h2-3,5-6,11-12,16,18H,4,7-10H2,1H3,(H,19,20)/t12-,16-/m1/s1. The van der Waals surface area contributed by atoms with Crippen molar-refractivity contribution in [2.75, 3.05) is 6.61 Å². The SMILES string of the molecule is C[C@@H](NC(=O)CCc1c[nH]c2ccccc12)[C@H]1CCCO1. The second-order valence-corrected chi connectivity index (χ2v) is 5.77. The van der Waals surface area contributed by atoms with Gasteiger partial charge in [0.2, 0.25) is 5.91 Å². The summed E-state index contributed by atoms with van der Waals surface area (Å²) < 4.78 is 5.60. The molecule has 2 N–H and O–H groups in total. The lowest BCUT2D eigenvalue weighted by atomic mass is 10.1. The smallest absolute Gasteiger partial charge is 0.220 e. The lowest BCUT2D eigenvalue weighted by Gasteiger charge is -2.19. The molecule has 1 saturated heterocycles. The number of rotatable bonds is 5. The molecule has 1 aliphatic rings. The van der Waals surface area contributed by atoms with E-state index in [0.29, 0.717) is 6.42 Å². The number of benzene rings is 1. The predicted octanol–water partition coefficient (Wildman–Crippen LogP) is 2.78. The summed E-state index contributed by atoms with van der Waals surface area (Å²) in [6.45, 7) is 2.85. The molecule has 0 aliphatic carbocycles. The molecule has 0 bridgehead atoms. The quantitative estimate of drug-likeness (QED) is 0.888. The number of para-hydroxylation sites is 1. The zero-order valence-electron chi connectivity index (χ0n) is 12.4. The molecule has 21 heavy (non-hydrogen) atoms. The molecular weight excluding hydrogens is 264 g/mol. The molecule has 1 amide bonds. The van der Waals surface area contributed by atoms with Crippen molar-refractivity contribution in [1.82, 2.24) is 10.3 Å². The Morgan fingerprint density at radius 1 is 1.48 bits per heavy atom. The second kappa shape index (κ2) is 6.31. The van der Waals surface area contributed by atoms with Gasteiger partial charge >= 0.3 is 0 Å². The number of aryl methyl sites for hydroxylation is 1. The van der Waals surface area contributed by atoms with Crippen LogP contribution in [0.25, 0.3) is 10.9 Å². The number of aromatic amines is 1. The summed E-state index contributed by atoms with van der Waals surface area (Å²) in [4.78, 5) is 15.3. The minimum absolute atomic E-state index is 0.1000. The van der Waals surface area contributed by atoms with Gasteiger partial charge in [0.1, 0.15) is 0 Å². The van der Waals surface area contributed by atoms with E-state index in [4.69, 9.17) is 4.74 Å². The maximum Gasteiger partial charge on any atom is 0.220 e. The molecule has 112 valence electrons. The Labute approximate surface area is 124 Å². The molecule has 2 heterocycles. The number of hydrogen-bond acceptors (Lipinski definition) is 2. The van der Waals surface area contributed by atoms with Crippen molar-refractivity contribution in [3.63, 3.8) is 0 Å². The van der Waals surface area contributed by atoms with Crippen LogP contribution in [0.2, 0.25) is 0 Å². The molecule has 4 heteroatoms. The van der Waals surface area contributed by atoms with Crippen LogP contribution < -0.4 is 5.32 Å². The van der Waals surface area contributed by atoms with Crippen LogP contribution in [0.15, 0.2) is 30.5 Å². The average molecular weight is 286 g/mol. The van der Waals surface area contributed by atoms with Crippen molar-refractivity contribution >= 4 is 16.8 Å². The minimum atomic E-state index is 0.1000. The van der Waals surface area contributed by atoms with Crippen molar-refractivity contribution in [2.24, 2.45) is 0 Å². The molecule has 0 saturated carbocycles. The van der Waals surface area contributed by atoms with Gasteiger partial charge in [0.25, 0.3) is 0 Å². The summed E-state index contributed by atoms with van der Waals surface area (Å²) in [5.74, 6) is 0.100. The van der Waals surface area contributed by atoms with Gasteiger partial charge in [-0.15, -0.1) is 0 Å². The topological polar surface area (TPSA) is 54.1 Å². The highest BCUT2D eigenvalue weighted by Crippen LogP contribution is 2.19. The first-order valence-electron chi connectivity index (χ1n) is 7.70. The maximum atomic E-state index is 12.1. The van der Waals surface area contributed by atoms with Crippen molar-refractivity contribution in [1.29, 1.82) is 0 Å². The highest BCUT2D eigenvalue weighted by Gasteiger charge is 2.23. The van der Waals surface area contributed by atoms with E-state index < -0.39 is 0 Å². The zero-order valence-corrected chi connectivity index (χ0v) is 12.4. The predicted molar refractivity (Wildman–Crippen MR) is 83.2 cm³/mol. The average Bonchev–Trinajstić information content (AvgIpc) is 3.15. The van der Waals surface area contributed by atoms with Gasteiger partial charge in [-0.3, -0.25) is 4.79 Å². The highest BCUT2D eigenvalue weighted by molar-refractivity contribution is 5.84. The van der Waals surface area contributed by atoms with Crippen molar-refractivity contribution in [2.45, 2.75) is 44.8 Å². The molecular formula is C17H22N2O2.